The van der Waals surface area contributed by atoms with Crippen LogP contribution in [0.2, 0.25) is 0 Å². The lowest BCUT2D eigenvalue weighted by atomic mass is 9.98. The summed E-state index contributed by atoms with van der Waals surface area (Å²) in [4.78, 5) is 6.87. The molecule has 1 saturated heterocycles. The van der Waals surface area contributed by atoms with Crippen molar-refractivity contribution in [2.75, 3.05) is 4.90 Å². The summed E-state index contributed by atoms with van der Waals surface area (Å²) in [5.74, 6) is 0. The third-order valence-corrected chi connectivity index (χ3v) is 6.01. The van der Waals surface area contributed by atoms with Gasteiger partial charge in [-0.2, -0.15) is 0 Å². The van der Waals surface area contributed by atoms with Gasteiger partial charge in [-0.25, -0.2) is 0 Å². The average Bonchev–Trinajstić information content (AvgIpc) is 3.29. The summed E-state index contributed by atoms with van der Waals surface area (Å²) >= 11 is 5.81. The highest BCUT2D eigenvalue weighted by atomic mass is 32.1. The number of benzene rings is 1. The van der Waals surface area contributed by atoms with Gasteiger partial charge in [-0.05, 0) is 93.9 Å². The predicted molar refractivity (Wildman–Crippen MR) is 123 cm³/mol. The summed E-state index contributed by atoms with van der Waals surface area (Å²) in [6.07, 6.45) is 6.24. The monoisotopic (exact) mass is 404 g/mol. The normalized spacial score (nSPS) is 19.5. The molecule has 2 aromatic heterocycles. The smallest absolute Gasteiger partial charge is 0.174 e. The number of aromatic nitrogens is 2. The van der Waals surface area contributed by atoms with Gasteiger partial charge >= 0.3 is 0 Å². The van der Waals surface area contributed by atoms with Crippen molar-refractivity contribution in [3.8, 4) is 0 Å². The Hall–Kier alpha value is -2.66. The SMILES string of the molecule is Cc1ccc(N2C(=S)N[C@H](c3ccccn3)[C@H]2c2ccn(C(C)(C)C)c2)cc1C. The van der Waals surface area contributed by atoms with Gasteiger partial charge in [0.2, 0.25) is 0 Å². The van der Waals surface area contributed by atoms with Crippen LogP contribution < -0.4 is 10.2 Å². The fourth-order valence-electron chi connectivity index (χ4n) is 3.85. The number of anilines is 1. The van der Waals surface area contributed by atoms with Crippen LogP contribution in [0.25, 0.3) is 0 Å². The van der Waals surface area contributed by atoms with Gasteiger partial charge in [0.25, 0.3) is 0 Å². The minimum absolute atomic E-state index is 0.0128. The van der Waals surface area contributed by atoms with E-state index < -0.39 is 0 Å². The first-order valence-electron chi connectivity index (χ1n) is 10.0. The molecule has 1 fully saturated rings. The first kappa shape index (κ1) is 19.6. The summed E-state index contributed by atoms with van der Waals surface area (Å²) in [7, 11) is 0. The molecular formula is C24H28N4S. The lowest BCUT2D eigenvalue weighted by Gasteiger charge is -2.28. The molecular weight excluding hydrogens is 376 g/mol. The van der Waals surface area contributed by atoms with Crippen molar-refractivity contribution < 1.29 is 0 Å². The van der Waals surface area contributed by atoms with Crippen LogP contribution in [0, 0.1) is 13.8 Å². The number of hydrogen-bond donors (Lipinski definition) is 1. The van der Waals surface area contributed by atoms with E-state index in [1.165, 1.54) is 16.7 Å². The van der Waals surface area contributed by atoms with Crippen LogP contribution >= 0.6 is 12.2 Å². The number of rotatable bonds is 3. The van der Waals surface area contributed by atoms with Gasteiger partial charge < -0.3 is 14.8 Å². The van der Waals surface area contributed by atoms with E-state index in [0.29, 0.717) is 0 Å². The summed E-state index contributed by atoms with van der Waals surface area (Å²) in [5.41, 5.74) is 5.89. The third kappa shape index (κ3) is 3.67. The van der Waals surface area contributed by atoms with E-state index in [1.807, 2.05) is 18.3 Å². The van der Waals surface area contributed by atoms with E-state index in [2.05, 4.69) is 97.1 Å². The highest BCUT2D eigenvalue weighted by molar-refractivity contribution is 7.80. The fourth-order valence-corrected chi connectivity index (χ4v) is 4.20. The van der Waals surface area contributed by atoms with Gasteiger partial charge in [-0.3, -0.25) is 4.98 Å². The Morgan fingerprint density at radius 1 is 1.03 bits per heavy atom. The molecule has 4 nitrogen and oxygen atoms in total. The maximum atomic E-state index is 5.81. The largest absolute Gasteiger partial charge is 0.351 e. The van der Waals surface area contributed by atoms with Crippen molar-refractivity contribution in [3.05, 3.63) is 83.4 Å². The zero-order valence-electron chi connectivity index (χ0n) is 17.7. The van der Waals surface area contributed by atoms with Crippen molar-refractivity contribution in [1.82, 2.24) is 14.9 Å². The van der Waals surface area contributed by atoms with Gasteiger partial charge in [0, 0.05) is 29.8 Å². The Balaban J connectivity index is 1.83. The molecule has 1 aliphatic rings. The number of pyridine rings is 1. The van der Waals surface area contributed by atoms with Crippen LogP contribution in [-0.2, 0) is 5.54 Å². The van der Waals surface area contributed by atoms with Gasteiger partial charge in [0.05, 0.1) is 17.8 Å². The molecule has 29 heavy (non-hydrogen) atoms. The van der Waals surface area contributed by atoms with E-state index in [-0.39, 0.29) is 17.6 Å². The molecule has 150 valence electrons. The summed E-state index contributed by atoms with van der Waals surface area (Å²) < 4.78 is 2.26. The molecule has 0 saturated carbocycles. The van der Waals surface area contributed by atoms with Crippen LogP contribution in [-0.4, -0.2) is 14.7 Å². The second-order valence-corrected chi connectivity index (χ2v) is 9.17. The molecule has 0 spiro atoms. The minimum Gasteiger partial charge on any atom is -0.351 e. The molecule has 0 unspecified atom stereocenters. The fraction of sp³-hybridized carbons (Fsp3) is 0.333. The standard InChI is InChI=1S/C24H28N4S/c1-16-9-10-19(14-17(16)2)28-22(18-11-13-27(15-18)24(3,4)5)21(26-23(28)29)20-8-6-7-12-25-20/h6-15,21-22H,1-5H3,(H,26,29)/t21-,22-/m1/s1. The lowest BCUT2D eigenvalue weighted by molar-refractivity contribution is 0.397. The first-order chi connectivity index (χ1) is 13.8. The Morgan fingerprint density at radius 2 is 1.83 bits per heavy atom. The second kappa shape index (κ2) is 7.30. The molecule has 1 N–H and O–H groups in total. The molecule has 0 bridgehead atoms. The molecule has 2 atom stereocenters. The van der Waals surface area contributed by atoms with Crippen molar-refractivity contribution in [1.29, 1.82) is 0 Å². The van der Waals surface area contributed by atoms with Gasteiger partial charge in [0.15, 0.2) is 5.11 Å². The maximum absolute atomic E-state index is 5.81. The van der Waals surface area contributed by atoms with Crippen molar-refractivity contribution >= 4 is 23.0 Å². The molecule has 3 aromatic rings. The Morgan fingerprint density at radius 3 is 2.45 bits per heavy atom. The van der Waals surface area contributed by atoms with Crippen LogP contribution in [0.15, 0.2) is 61.1 Å². The molecule has 1 aliphatic heterocycles. The summed E-state index contributed by atoms with van der Waals surface area (Å²) in [6, 6.07) is 14.8. The molecule has 3 heterocycles. The van der Waals surface area contributed by atoms with E-state index in [0.717, 1.165) is 16.5 Å². The molecule has 0 amide bonds. The maximum Gasteiger partial charge on any atom is 0.174 e. The Labute approximate surface area is 178 Å². The van der Waals surface area contributed by atoms with Crippen LogP contribution in [0.5, 0.6) is 0 Å². The number of thiocarbonyl (C=S) groups is 1. The van der Waals surface area contributed by atoms with Crippen LogP contribution in [0.1, 0.15) is 55.2 Å². The van der Waals surface area contributed by atoms with Gasteiger partial charge in [-0.1, -0.05) is 12.1 Å². The summed E-state index contributed by atoms with van der Waals surface area (Å²) in [6.45, 7) is 10.9. The predicted octanol–water partition coefficient (Wildman–Crippen LogP) is 5.43. The third-order valence-electron chi connectivity index (χ3n) is 5.70. The van der Waals surface area contributed by atoms with Gasteiger partial charge in [-0.15, -0.1) is 0 Å². The van der Waals surface area contributed by atoms with E-state index in [9.17, 15) is 0 Å². The molecule has 0 aliphatic carbocycles. The van der Waals surface area contributed by atoms with E-state index >= 15 is 0 Å². The van der Waals surface area contributed by atoms with Crippen molar-refractivity contribution in [2.24, 2.45) is 0 Å². The number of aryl methyl sites for hydroxylation is 2. The minimum atomic E-state index is -0.0128. The number of nitrogens with zero attached hydrogens (tertiary/aromatic N) is 3. The average molecular weight is 405 g/mol. The van der Waals surface area contributed by atoms with Crippen LogP contribution in [0.3, 0.4) is 0 Å². The Bertz CT molecular complexity index is 1030. The molecule has 0 radical (unpaired) electrons. The van der Waals surface area contributed by atoms with Crippen LogP contribution in [0.4, 0.5) is 5.69 Å². The zero-order chi connectivity index (χ0) is 20.8. The molecule has 5 heteroatoms. The van der Waals surface area contributed by atoms with Crippen molar-refractivity contribution in [2.45, 2.75) is 52.2 Å². The van der Waals surface area contributed by atoms with E-state index in [4.69, 9.17) is 12.2 Å². The second-order valence-electron chi connectivity index (χ2n) is 8.79. The van der Waals surface area contributed by atoms with Gasteiger partial charge in [0.1, 0.15) is 0 Å². The zero-order valence-corrected chi connectivity index (χ0v) is 18.5. The number of hydrogen-bond acceptors (Lipinski definition) is 2. The molecule has 4 rings (SSSR count). The first-order valence-corrected chi connectivity index (χ1v) is 10.4. The topological polar surface area (TPSA) is 33.1 Å². The highest BCUT2D eigenvalue weighted by Gasteiger charge is 2.41. The van der Waals surface area contributed by atoms with Crippen molar-refractivity contribution in [3.63, 3.8) is 0 Å². The quantitative estimate of drug-likeness (QED) is 0.590. The summed E-state index contributed by atoms with van der Waals surface area (Å²) in [5, 5.41) is 4.27. The molecule has 1 aromatic carbocycles. The highest BCUT2D eigenvalue weighted by Crippen LogP contribution is 2.42. The lowest BCUT2D eigenvalue weighted by Crippen LogP contribution is -2.29. The Kier molecular flexibility index (Phi) is 4.95. The number of nitrogens with one attached hydrogen (secondary N) is 1. The van der Waals surface area contributed by atoms with E-state index in [1.54, 1.807) is 0 Å².